The van der Waals surface area contributed by atoms with E-state index in [4.69, 9.17) is 0 Å². The van der Waals surface area contributed by atoms with Gasteiger partial charge in [-0.05, 0) is 58.2 Å². The molecule has 2 rings (SSSR count). The number of hydrogen-bond acceptors (Lipinski definition) is 3. The second kappa shape index (κ2) is 7.10. The molecule has 1 unspecified atom stereocenters. The Hall–Kier alpha value is -0.610. The lowest BCUT2D eigenvalue weighted by atomic mass is 9.88. The highest BCUT2D eigenvalue weighted by atomic mass is 16.1. The standard InChI is InChI=1S/C14H27N3O/c1-2-15-14(18)7-11-17-9-5-12(6-10-17)13-4-3-8-16-13/h12-13,16H,2-11H2,1H3,(H,15,18). The number of nitrogens with one attached hydrogen (secondary N) is 2. The van der Waals surface area contributed by atoms with E-state index in [0.717, 1.165) is 25.0 Å². The lowest BCUT2D eigenvalue weighted by molar-refractivity contribution is -0.121. The zero-order chi connectivity index (χ0) is 12.8. The van der Waals surface area contributed by atoms with E-state index in [1.807, 2.05) is 6.92 Å². The molecule has 1 amide bonds. The Morgan fingerprint density at radius 1 is 1.33 bits per heavy atom. The molecule has 2 N–H and O–H groups in total. The van der Waals surface area contributed by atoms with Crippen molar-refractivity contribution in [2.75, 3.05) is 32.7 Å². The Morgan fingerprint density at radius 2 is 2.11 bits per heavy atom. The first-order chi connectivity index (χ1) is 8.79. The minimum absolute atomic E-state index is 0.192. The lowest BCUT2D eigenvalue weighted by Crippen LogP contribution is -2.42. The van der Waals surface area contributed by atoms with Gasteiger partial charge in [0.1, 0.15) is 0 Å². The fourth-order valence-corrected chi connectivity index (χ4v) is 3.24. The number of hydrogen-bond donors (Lipinski definition) is 2. The first-order valence-corrected chi connectivity index (χ1v) is 7.52. The maximum absolute atomic E-state index is 11.4. The van der Waals surface area contributed by atoms with Crippen LogP contribution in [0, 0.1) is 5.92 Å². The number of piperidine rings is 1. The molecule has 2 saturated heterocycles. The quantitative estimate of drug-likeness (QED) is 0.767. The Bertz CT molecular complexity index is 256. The van der Waals surface area contributed by atoms with Crippen molar-refractivity contribution in [3.8, 4) is 0 Å². The second-order valence-electron chi connectivity index (χ2n) is 5.59. The summed E-state index contributed by atoms with van der Waals surface area (Å²) in [7, 11) is 0. The lowest BCUT2D eigenvalue weighted by Gasteiger charge is -2.34. The third kappa shape index (κ3) is 3.95. The molecule has 104 valence electrons. The van der Waals surface area contributed by atoms with Crippen molar-refractivity contribution in [1.29, 1.82) is 0 Å². The maximum Gasteiger partial charge on any atom is 0.221 e. The molecule has 0 radical (unpaired) electrons. The Labute approximate surface area is 110 Å². The summed E-state index contributed by atoms with van der Waals surface area (Å²) in [6.07, 6.45) is 5.96. The molecule has 18 heavy (non-hydrogen) atoms. The summed E-state index contributed by atoms with van der Waals surface area (Å²) in [6.45, 7) is 7.19. The van der Waals surface area contributed by atoms with Crippen molar-refractivity contribution < 1.29 is 4.79 Å². The third-order valence-corrected chi connectivity index (χ3v) is 4.33. The molecule has 2 heterocycles. The molecular weight excluding hydrogens is 226 g/mol. The summed E-state index contributed by atoms with van der Waals surface area (Å²) in [6, 6.07) is 0.774. The van der Waals surface area contributed by atoms with Crippen LogP contribution in [0.15, 0.2) is 0 Å². The van der Waals surface area contributed by atoms with Crippen LogP contribution in [-0.2, 0) is 4.79 Å². The molecule has 2 fully saturated rings. The zero-order valence-electron chi connectivity index (χ0n) is 11.6. The predicted octanol–water partition coefficient (Wildman–Crippen LogP) is 0.977. The first-order valence-electron chi connectivity index (χ1n) is 7.52. The van der Waals surface area contributed by atoms with Crippen LogP contribution in [-0.4, -0.2) is 49.6 Å². The number of carbonyl (C=O) groups is 1. The average molecular weight is 253 g/mol. The highest BCUT2D eigenvalue weighted by Gasteiger charge is 2.28. The largest absolute Gasteiger partial charge is 0.356 e. The van der Waals surface area contributed by atoms with E-state index < -0.39 is 0 Å². The van der Waals surface area contributed by atoms with Gasteiger partial charge in [-0.2, -0.15) is 0 Å². The summed E-state index contributed by atoms with van der Waals surface area (Å²) in [5, 5.41) is 6.49. The molecule has 2 aliphatic rings. The smallest absolute Gasteiger partial charge is 0.221 e. The second-order valence-corrected chi connectivity index (χ2v) is 5.59. The minimum Gasteiger partial charge on any atom is -0.356 e. The summed E-state index contributed by atoms with van der Waals surface area (Å²) in [4.78, 5) is 13.9. The van der Waals surface area contributed by atoms with Gasteiger partial charge in [-0.25, -0.2) is 0 Å². The number of nitrogens with zero attached hydrogens (tertiary/aromatic N) is 1. The van der Waals surface area contributed by atoms with E-state index in [1.165, 1.54) is 45.3 Å². The molecule has 1 atom stereocenters. The van der Waals surface area contributed by atoms with E-state index in [2.05, 4.69) is 15.5 Å². The number of amides is 1. The van der Waals surface area contributed by atoms with Crippen molar-refractivity contribution >= 4 is 5.91 Å². The van der Waals surface area contributed by atoms with Crippen LogP contribution in [0.25, 0.3) is 0 Å². The third-order valence-electron chi connectivity index (χ3n) is 4.33. The maximum atomic E-state index is 11.4. The van der Waals surface area contributed by atoms with Crippen LogP contribution in [0.3, 0.4) is 0 Å². The van der Waals surface area contributed by atoms with Crippen LogP contribution in [0.1, 0.15) is 39.0 Å². The van der Waals surface area contributed by atoms with Crippen LogP contribution in [0.5, 0.6) is 0 Å². The monoisotopic (exact) mass is 253 g/mol. The van der Waals surface area contributed by atoms with Crippen molar-refractivity contribution in [2.24, 2.45) is 5.92 Å². The van der Waals surface area contributed by atoms with E-state index >= 15 is 0 Å². The topological polar surface area (TPSA) is 44.4 Å². The summed E-state index contributed by atoms with van der Waals surface area (Å²) >= 11 is 0. The molecule has 2 aliphatic heterocycles. The predicted molar refractivity (Wildman–Crippen MR) is 73.5 cm³/mol. The molecule has 0 spiro atoms. The van der Waals surface area contributed by atoms with E-state index in [9.17, 15) is 4.79 Å². The molecule has 0 saturated carbocycles. The number of carbonyl (C=O) groups excluding carboxylic acids is 1. The Morgan fingerprint density at radius 3 is 2.72 bits per heavy atom. The van der Waals surface area contributed by atoms with Gasteiger partial charge in [-0.1, -0.05) is 0 Å². The van der Waals surface area contributed by atoms with Crippen LogP contribution in [0.4, 0.5) is 0 Å². The van der Waals surface area contributed by atoms with E-state index in [1.54, 1.807) is 0 Å². The Balaban J connectivity index is 1.62. The summed E-state index contributed by atoms with van der Waals surface area (Å²) < 4.78 is 0. The van der Waals surface area contributed by atoms with Crippen LogP contribution >= 0.6 is 0 Å². The van der Waals surface area contributed by atoms with Crippen molar-refractivity contribution in [2.45, 2.75) is 45.1 Å². The SMILES string of the molecule is CCNC(=O)CCN1CCC(C2CCCN2)CC1. The molecule has 0 aromatic carbocycles. The van der Waals surface area contributed by atoms with Crippen LogP contribution < -0.4 is 10.6 Å². The average Bonchev–Trinajstić information content (AvgIpc) is 2.91. The molecule has 0 bridgehead atoms. The molecular formula is C14H27N3O. The number of likely N-dealkylation sites (tertiary alicyclic amines) is 1. The first kappa shape index (κ1) is 13.8. The molecule has 4 nitrogen and oxygen atoms in total. The van der Waals surface area contributed by atoms with Gasteiger partial charge >= 0.3 is 0 Å². The molecule has 4 heteroatoms. The van der Waals surface area contributed by atoms with Crippen LogP contribution in [0.2, 0.25) is 0 Å². The molecule has 0 aliphatic carbocycles. The van der Waals surface area contributed by atoms with Gasteiger partial charge in [0.05, 0.1) is 0 Å². The molecule has 0 aromatic rings. The van der Waals surface area contributed by atoms with Gasteiger partial charge < -0.3 is 15.5 Å². The van der Waals surface area contributed by atoms with Gasteiger partial charge in [0, 0.05) is 25.6 Å². The highest BCUT2D eigenvalue weighted by molar-refractivity contribution is 5.75. The van der Waals surface area contributed by atoms with Crippen molar-refractivity contribution in [1.82, 2.24) is 15.5 Å². The van der Waals surface area contributed by atoms with E-state index in [-0.39, 0.29) is 5.91 Å². The zero-order valence-corrected chi connectivity index (χ0v) is 11.6. The molecule has 0 aromatic heterocycles. The van der Waals surface area contributed by atoms with Gasteiger partial charge in [-0.15, -0.1) is 0 Å². The number of rotatable bonds is 5. The van der Waals surface area contributed by atoms with Crippen molar-refractivity contribution in [3.05, 3.63) is 0 Å². The highest BCUT2D eigenvalue weighted by Crippen LogP contribution is 2.25. The minimum atomic E-state index is 0.192. The van der Waals surface area contributed by atoms with Gasteiger partial charge in [-0.3, -0.25) is 4.79 Å². The van der Waals surface area contributed by atoms with Gasteiger partial charge in [0.2, 0.25) is 5.91 Å². The summed E-state index contributed by atoms with van der Waals surface area (Å²) in [5.41, 5.74) is 0. The summed E-state index contributed by atoms with van der Waals surface area (Å²) in [5.74, 6) is 1.06. The van der Waals surface area contributed by atoms with Crippen molar-refractivity contribution in [3.63, 3.8) is 0 Å². The van der Waals surface area contributed by atoms with Gasteiger partial charge in [0.25, 0.3) is 0 Å². The Kier molecular flexibility index (Phi) is 5.45. The fraction of sp³-hybridized carbons (Fsp3) is 0.929. The normalized spacial score (nSPS) is 26.4. The fourth-order valence-electron chi connectivity index (χ4n) is 3.24. The van der Waals surface area contributed by atoms with E-state index in [0.29, 0.717) is 6.42 Å². The van der Waals surface area contributed by atoms with Gasteiger partial charge in [0.15, 0.2) is 0 Å².